The Kier molecular flexibility index (Phi) is 3.96. The molecule has 0 atom stereocenters. The third-order valence-electron chi connectivity index (χ3n) is 2.63. The lowest BCUT2D eigenvalue weighted by Gasteiger charge is -2.10. The molecule has 0 saturated carbocycles. The topological polar surface area (TPSA) is 98.0 Å². The predicted molar refractivity (Wildman–Crippen MR) is 71.9 cm³/mol. The Morgan fingerprint density at radius 1 is 1.30 bits per heavy atom. The monoisotopic (exact) mass is 296 g/mol. The van der Waals surface area contributed by atoms with Crippen LogP contribution in [0.2, 0.25) is 0 Å². The fraction of sp³-hybridized carbons (Fsp3) is 0.167. The molecule has 0 amide bonds. The second-order valence-electron chi connectivity index (χ2n) is 4.10. The number of anilines is 1. The zero-order valence-electron chi connectivity index (χ0n) is 10.7. The molecule has 20 heavy (non-hydrogen) atoms. The van der Waals surface area contributed by atoms with Gasteiger partial charge in [0.05, 0.1) is 4.90 Å². The number of hydrogen-bond acceptors (Lipinski definition) is 5. The predicted octanol–water partition coefficient (Wildman–Crippen LogP) is 1.18. The number of nitrogens with zero attached hydrogens (tertiary/aromatic N) is 2. The van der Waals surface area contributed by atoms with E-state index in [1.165, 1.54) is 31.5 Å². The van der Waals surface area contributed by atoms with Gasteiger partial charge in [-0.2, -0.15) is 0 Å². The standard InChI is InChI=1S/C12H13FN4O2S/c1-8-5-10(6-9(7-14)11(8)13)20(18,19)17-12-15-3-2-4-16-12/h2-6H,7,14H2,1H3,(H,15,16,17). The third-order valence-corrected chi connectivity index (χ3v) is 3.93. The van der Waals surface area contributed by atoms with Crippen LogP contribution in [-0.2, 0) is 16.6 Å². The summed E-state index contributed by atoms with van der Waals surface area (Å²) in [7, 11) is -3.88. The molecule has 1 heterocycles. The lowest BCUT2D eigenvalue weighted by atomic mass is 10.1. The molecule has 0 saturated heterocycles. The molecule has 0 aliphatic carbocycles. The summed E-state index contributed by atoms with van der Waals surface area (Å²) >= 11 is 0. The Hall–Kier alpha value is -2.06. The van der Waals surface area contributed by atoms with Crippen LogP contribution in [0.4, 0.5) is 10.3 Å². The fourth-order valence-electron chi connectivity index (χ4n) is 1.64. The van der Waals surface area contributed by atoms with Crippen LogP contribution in [0.15, 0.2) is 35.5 Å². The Morgan fingerprint density at radius 2 is 1.95 bits per heavy atom. The minimum Gasteiger partial charge on any atom is -0.326 e. The highest BCUT2D eigenvalue weighted by atomic mass is 32.2. The first kappa shape index (κ1) is 14.4. The van der Waals surface area contributed by atoms with Crippen molar-refractivity contribution in [3.63, 3.8) is 0 Å². The third kappa shape index (κ3) is 2.91. The van der Waals surface area contributed by atoms with Crippen molar-refractivity contribution in [2.45, 2.75) is 18.4 Å². The first-order valence-corrected chi connectivity index (χ1v) is 7.21. The molecule has 0 bridgehead atoms. The SMILES string of the molecule is Cc1cc(S(=O)(=O)Nc2ncccn2)cc(CN)c1F. The Balaban J connectivity index is 2.42. The molecule has 0 spiro atoms. The number of rotatable bonds is 4. The molecular formula is C12H13FN4O2S. The van der Waals surface area contributed by atoms with E-state index in [1.54, 1.807) is 6.07 Å². The Bertz CT molecular complexity index is 720. The van der Waals surface area contributed by atoms with E-state index < -0.39 is 15.8 Å². The zero-order valence-corrected chi connectivity index (χ0v) is 11.5. The van der Waals surface area contributed by atoms with Gasteiger partial charge in [0, 0.05) is 24.5 Å². The molecule has 2 rings (SSSR count). The maximum Gasteiger partial charge on any atom is 0.264 e. The smallest absolute Gasteiger partial charge is 0.264 e. The Morgan fingerprint density at radius 3 is 2.55 bits per heavy atom. The van der Waals surface area contributed by atoms with Crippen LogP contribution in [-0.4, -0.2) is 18.4 Å². The normalized spacial score (nSPS) is 11.3. The van der Waals surface area contributed by atoms with Gasteiger partial charge in [-0.05, 0) is 30.7 Å². The largest absolute Gasteiger partial charge is 0.326 e. The highest BCUT2D eigenvalue weighted by Gasteiger charge is 2.18. The summed E-state index contributed by atoms with van der Waals surface area (Å²) in [5.74, 6) is -0.550. The highest BCUT2D eigenvalue weighted by molar-refractivity contribution is 7.92. The molecule has 0 fully saturated rings. The molecule has 8 heteroatoms. The average Bonchev–Trinajstić information content (AvgIpc) is 2.42. The Labute approximate surface area is 115 Å². The number of aromatic nitrogens is 2. The molecule has 6 nitrogen and oxygen atoms in total. The molecule has 0 aliphatic heterocycles. The van der Waals surface area contributed by atoms with Gasteiger partial charge in [-0.1, -0.05) is 0 Å². The van der Waals surface area contributed by atoms with Gasteiger partial charge < -0.3 is 5.73 Å². The molecule has 106 valence electrons. The quantitative estimate of drug-likeness (QED) is 0.883. The highest BCUT2D eigenvalue weighted by Crippen LogP contribution is 2.20. The van der Waals surface area contributed by atoms with Crippen molar-refractivity contribution in [1.29, 1.82) is 0 Å². The second kappa shape index (κ2) is 5.51. The van der Waals surface area contributed by atoms with E-state index in [0.29, 0.717) is 0 Å². The molecule has 1 aromatic heterocycles. The van der Waals surface area contributed by atoms with Gasteiger partial charge in [0.1, 0.15) is 5.82 Å². The first-order valence-electron chi connectivity index (χ1n) is 5.73. The number of sulfonamides is 1. The number of nitrogens with one attached hydrogen (secondary N) is 1. The van der Waals surface area contributed by atoms with Gasteiger partial charge >= 0.3 is 0 Å². The minimum atomic E-state index is -3.88. The van der Waals surface area contributed by atoms with Crippen molar-refractivity contribution in [3.05, 3.63) is 47.5 Å². The van der Waals surface area contributed by atoms with Crippen LogP contribution in [0.3, 0.4) is 0 Å². The average molecular weight is 296 g/mol. The number of aryl methyl sites for hydroxylation is 1. The minimum absolute atomic E-state index is 0.0521. The van der Waals surface area contributed by atoms with Crippen LogP contribution >= 0.6 is 0 Å². The lowest BCUT2D eigenvalue weighted by Crippen LogP contribution is -2.16. The van der Waals surface area contributed by atoms with Crippen LogP contribution < -0.4 is 10.5 Å². The van der Waals surface area contributed by atoms with Crippen LogP contribution in [0.1, 0.15) is 11.1 Å². The molecule has 2 aromatic rings. The second-order valence-corrected chi connectivity index (χ2v) is 5.78. The van der Waals surface area contributed by atoms with Crippen molar-refractivity contribution in [2.24, 2.45) is 5.73 Å². The van der Waals surface area contributed by atoms with Gasteiger partial charge in [0.25, 0.3) is 10.0 Å². The molecule has 0 aliphatic rings. The van der Waals surface area contributed by atoms with Crippen molar-refractivity contribution in [1.82, 2.24) is 9.97 Å². The van der Waals surface area contributed by atoms with E-state index >= 15 is 0 Å². The molecule has 1 aromatic carbocycles. The van der Waals surface area contributed by atoms with Gasteiger partial charge in [0.2, 0.25) is 5.95 Å². The molecule has 0 radical (unpaired) electrons. The number of halogens is 1. The van der Waals surface area contributed by atoms with E-state index in [0.717, 1.165) is 0 Å². The summed E-state index contributed by atoms with van der Waals surface area (Å²) in [4.78, 5) is 7.46. The summed E-state index contributed by atoms with van der Waals surface area (Å²) in [6.45, 7) is 1.39. The molecular weight excluding hydrogens is 283 g/mol. The number of hydrogen-bond donors (Lipinski definition) is 2. The van der Waals surface area contributed by atoms with Crippen molar-refractivity contribution >= 4 is 16.0 Å². The maximum absolute atomic E-state index is 13.7. The van der Waals surface area contributed by atoms with Crippen molar-refractivity contribution < 1.29 is 12.8 Å². The maximum atomic E-state index is 13.7. The van der Waals surface area contributed by atoms with Gasteiger partial charge in [-0.25, -0.2) is 27.5 Å². The summed E-state index contributed by atoms with van der Waals surface area (Å²) in [5, 5.41) is 0. The molecule has 0 unspecified atom stereocenters. The first-order chi connectivity index (χ1) is 9.44. The van der Waals surface area contributed by atoms with Crippen molar-refractivity contribution in [3.8, 4) is 0 Å². The fourth-order valence-corrected chi connectivity index (χ4v) is 2.73. The summed E-state index contributed by atoms with van der Waals surface area (Å²) in [6.07, 6.45) is 2.82. The summed E-state index contributed by atoms with van der Waals surface area (Å²) in [6, 6.07) is 4.00. The van der Waals surface area contributed by atoms with Gasteiger partial charge in [0.15, 0.2) is 0 Å². The van der Waals surface area contributed by atoms with Crippen LogP contribution in [0, 0.1) is 12.7 Å². The lowest BCUT2D eigenvalue weighted by molar-refractivity contribution is 0.591. The van der Waals surface area contributed by atoms with Crippen LogP contribution in [0.25, 0.3) is 0 Å². The van der Waals surface area contributed by atoms with Crippen molar-refractivity contribution in [2.75, 3.05) is 4.72 Å². The zero-order chi connectivity index (χ0) is 14.8. The van der Waals surface area contributed by atoms with Crippen LogP contribution in [0.5, 0.6) is 0 Å². The number of benzene rings is 1. The summed E-state index contributed by atoms with van der Waals surface area (Å²) in [5.41, 5.74) is 5.75. The van der Waals surface area contributed by atoms with Gasteiger partial charge in [-0.3, -0.25) is 0 Å². The number of nitrogens with two attached hydrogens (primary N) is 1. The van der Waals surface area contributed by atoms with E-state index in [4.69, 9.17) is 5.73 Å². The summed E-state index contributed by atoms with van der Waals surface area (Å²) < 4.78 is 40.3. The van der Waals surface area contributed by atoms with E-state index in [9.17, 15) is 12.8 Å². The van der Waals surface area contributed by atoms with E-state index in [1.807, 2.05) is 0 Å². The molecule has 3 N–H and O–H groups in total. The van der Waals surface area contributed by atoms with Gasteiger partial charge in [-0.15, -0.1) is 0 Å². The van der Waals surface area contributed by atoms with E-state index in [-0.39, 0.29) is 28.5 Å². The van der Waals surface area contributed by atoms with E-state index in [2.05, 4.69) is 14.7 Å².